The van der Waals surface area contributed by atoms with E-state index < -0.39 is 5.97 Å². The quantitative estimate of drug-likeness (QED) is 0.304. The van der Waals surface area contributed by atoms with Crippen LogP contribution in [0.4, 0.5) is 0 Å². The molecular weight excluding hydrogens is 424 g/mol. The van der Waals surface area contributed by atoms with E-state index >= 15 is 0 Å². The molecule has 0 spiro atoms. The highest BCUT2D eigenvalue weighted by atomic mass is 16.5. The van der Waals surface area contributed by atoms with Crippen LogP contribution in [-0.2, 0) is 0 Å². The monoisotopic (exact) mass is 446 g/mol. The molecule has 4 aromatic rings. The molecule has 0 unspecified atom stereocenters. The summed E-state index contributed by atoms with van der Waals surface area (Å²) in [5.41, 5.74) is 1.48. The van der Waals surface area contributed by atoms with E-state index in [2.05, 4.69) is 0 Å². The van der Waals surface area contributed by atoms with E-state index in [9.17, 15) is 9.59 Å². The predicted octanol–water partition coefficient (Wildman–Crippen LogP) is 5.01. The molecule has 3 aromatic carbocycles. The second kappa shape index (κ2) is 9.08. The summed E-state index contributed by atoms with van der Waals surface area (Å²) in [6.45, 7) is 1.71. The molecule has 0 aliphatic heterocycles. The second-order valence-electron chi connectivity index (χ2n) is 7.18. The number of methoxy groups -OCH3 is 3. The van der Waals surface area contributed by atoms with Crippen molar-refractivity contribution in [3.05, 3.63) is 82.2 Å². The summed E-state index contributed by atoms with van der Waals surface area (Å²) < 4.78 is 27.3. The van der Waals surface area contributed by atoms with Crippen LogP contribution in [-0.4, -0.2) is 27.3 Å². The Morgan fingerprint density at radius 3 is 2.27 bits per heavy atom. The van der Waals surface area contributed by atoms with Crippen molar-refractivity contribution in [3.8, 4) is 34.1 Å². The lowest BCUT2D eigenvalue weighted by Gasteiger charge is -2.12. The number of hydrogen-bond acceptors (Lipinski definition) is 7. The number of para-hydroxylation sites is 1. The van der Waals surface area contributed by atoms with Crippen molar-refractivity contribution in [2.24, 2.45) is 0 Å². The summed E-state index contributed by atoms with van der Waals surface area (Å²) in [6, 6.07) is 16.7. The Morgan fingerprint density at radius 1 is 0.818 bits per heavy atom. The number of hydrogen-bond donors (Lipinski definition) is 0. The molecule has 1 aromatic heterocycles. The van der Waals surface area contributed by atoms with Crippen molar-refractivity contribution in [1.82, 2.24) is 0 Å². The second-order valence-corrected chi connectivity index (χ2v) is 7.18. The van der Waals surface area contributed by atoms with Crippen molar-refractivity contribution in [3.63, 3.8) is 0 Å². The molecule has 168 valence electrons. The zero-order valence-corrected chi connectivity index (χ0v) is 18.6. The van der Waals surface area contributed by atoms with Gasteiger partial charge in [-0.05, 0) is 43.3 Å². The minimum Gasteiger partial charge on any atom is -0.496 e. The fraction of sp³-hybridized carbons (Fsp3) is 0.154. The lowest BCUT2D eigenvalue weighted by molar-refractivity contribution is 0.0734. The van der Waals surface area contributed by atoms with Gasteiger partial charge in [-0.15, -0.1) is 0 Å². The van der Waals surface area contributed by atoms with Crippen LogP contribution in [0.5, 0.6) is 23.0 Å². The average molecular weight is 446 g/mol. The molecule has 0 bridgehead atoms. The van der Waals surface area contributed by atoms with Crippen LogP contribution in [0.15, 0.2) is 69.9 Å². The first-order valence-electron chi connectivity index (χ1n) is 10.1. The van der Waals surface area contributed by atoms with E-state index in [1.54, 1.807) is 44.4 Å². The Morgan fingerprint density at radius 2 is 1.55 bits per heavy atom. The standard InChI is InChI=1S/C26H22O7/c1-15-24(18-7-5-6-8-20(18)29-2)25(27)19-11-10-17(14-22(19)32-15)33-26(28)16-9-12-21(30-3)23(13-16)31-4/h5-14H,1-4H3. The zero-order chi connectivity index (χ0) is 23.5. The van der Waals surface area contributed by atoms with E-state index in [-0.39, 0.29) is 16.7 Å². The molecule has 4 rings (SSSR count). The number of ether oxygens (including phenoxy) is 4. The van der Waals surface area contributed by atoms with E-state index in [1.807, 2.05) is 18.2 Å². The van der Waals surface area contributed by atoms with Crippen molar-refractivity contribution < 1.29 is 28.2 Å². The van der Waals surface area contributed by atoms with Crippen molar-refractivity contribution in [2.75, 3.05) is 21.3 Å². The van der Waals surface area contributed by atoms with Crippen molar-refractivity contribution in [2.45, 2.75) is 6.92 Å². The van der Waals surface area contributed by atoms with Crippen molar-refractivity contribution >= 4 is 16.9 Å². The van der Waals surface area contributed by atoms with Crippen LogP contribution in [0.3, 0.4) is 0 Å². The molecule has 1 heterocycles. The molecule has 0 saturated carbocycles. The summed E-state index contributed by atoms with van der Waals surface area (Å²) in [6.07, 6.45) is 0. The van der Waals surface area contributed by atoms with Gasteiger partial charge in [-0.1, -0.05) is 18.2 Å². The van der Waals surface area contributed by atoms with Crippen LogP contribution in [0, 0.1) is 6.92 Å². The molecule has 0 aliphatic rings. The molecule has 0 radical (unpaired) electrons. The fourth-order valence-electron chi connectivity index (χ4n) is 3.64. The molecule has 33 heavy (non-hydrogen) atoms. The summed E-state index contributed by atoms with van der Waals surface area (Å²) in [7, 11) is 4.55. The largest absolute Gasteiger partial charge is 0.496 e. The molecule has 7 heteroatoms. The number of aryl methyl sites for hydroxylation is 1. The van der Waals surface area contributed by atoms with Gasteiger partial charge < -0.3 is 23.4 Å². The van der Waals surface area contributed by atoms with Gasteiger partial charge in [0.25, 0.3) is 0 Å². The van der Waals surface area contributed by atoms with Gasteiger partial charge in [0.1, 0.15) is 22.8 Å². The smallest absolute Gasteiger partial charge is 0.343 e. The minimum absolute atomic E-state index is 0.198. The highest BCUT2D eigenvalue weighted by molar-refractivity contribution is 5.92. The zero-order valence-electron chi connectivity index (χ0n) is 18.6. The molecule has 0 N–H and O–H groups in total. The molecule has 7 nitrogen and oxygen atoms in total. The Bertz CT molecular complexity index is 1400. The van der Waals surface area contributed by atoms with E-state index in [1.165, 1.54) is 26.4 Å². The van der Waals surface area contributed by atoms with Gasteiger partial charge in [0.15, 0.2) is 11.5 Å². The lowest BCUT2D eigenvalue weighted by atomic mass is 10.0. The molecule has 0 amide bonds. The summed E-state index contributed by atoms with van der Waals surface area (Å²) in [4.78, 5) is 25.9. The van der Waals surface area contributed by atoms with E-state index in [0.29, 0.717) is 45.1 Å². The number of carbonyl (C=O) groups excluding carboxylic acids is 1. The lowest BCUT2D eigenvalue weighted by Crippen LogP contribution is -2.10. The third-order valence-electron chi connectivity index (χ3n) is 5.25. The fourth-order valence-corrected chi connectivity index (χ4v) is 3.64. The SMILES string of the molecule is COc1ccc(C(=O)Oc2ccc3c(=O)c(-c4ccccc4OC)c(C)oc3c2)cc1OC. The third-order valence-corrected chi connectivity index (χ3v) is 5.25. The topological polar surface area (TPSA) is 84.2 Å². The summed E-state index contributed by atoms with van der Waals surface area (Å²) >= 11 is 0. The maximum Gasteiger partial charge on any atom is 0.343 e. The maximum atomic E-state index is 13.3. The minimum atomic E-state index is -0.583. The normalized spacial score (nSPS) is 10.7. The van der Waals surface area contributed by atoms with Gasteiger partial charge in [-0.3, -0.25) is 4.79 Å². The Balaban J connectivity index is 1.70. The number of esters is 1. The average Bonchev–Trinajstić information content (AvgIpc) is 2.83. The first kappa shape index (κ1) is 22.0. The Hall–Kier alpha value is -4.26. The third kappa shape index (κ3) is 4.13. The van der Waals surface area contributed by atoms with Gasteiger partial charge in [0.05, 0.1) is 37.8 Å². The van der Waals surface area contributed by atoms with E-state index in [0.717, 1.165) is 0 Å². The summed E-state index contributed by atoms with van der Waals surface area (Å²) in [5.74, 6) is 1.58. The van der Waals surface area contributed by atoms with Crippen LogP contribution >= 0.6 is 0 Å². The number of fused-ring (bicyclic) bond motifs is 1. The van der Waals surface area contributed by atoms with Crippen LogP contribution in [0.1, 0.15) is 16.1 Å². The van der Waals surface area contributed by atoms with Gasteiger partial charge >= 0.3 is 5.97 Å². The number of benzene rings is 3. The predicted molar refractivity (Wildman–Crippen MR) is 124 cm³/mol. The van der Waals surface area contributed by atoms with Gasteiger partial charge in [-0.25, -0.2) is 4.79 Å². The van der Waals surface area contributed by atoms with Gasteiger partial charge in [-0.2, -0.15) is 0 Å². The van der Waals surface area contributed by atoms with Gasteiger partial charge in [0.2, 0.25) is 5.43 Å². The first-order valence-corrected chi connectivity index (χ1v) is 10.1. The molecule has 0 saturated heterocycles. The van der Waals surface area contributed by atoms with Crippen LogP contribution in [0.2, 0.25) is 0 Å². The van der Waals surface area contributed by atoms with Crippen LogP contribution in [0.25, 0.3) is 22.1 Å². The van der Waals surface area contributed by atoms with Crippen LogP contribution < -0.4 is 24.4 Å². The van der Waals surface area contributed by atoms with E-state index in [4.69, 9.17) is 23.4 Å². The molecule has 0 fully saturated rings. The molecular formula is C26H22O7. The van der Waals surface area contributed by atoms with Crippen molar-refractivity contribution in [1.29, 1.82) is 0 Å². The maximum absolute atomic E-state index is 13.3. The number of rotatable bonds is 6. The highest BCUT2D eigenvalue weighted by Gasteiger charge is 2.18. The molecule has 0 aliphatic carbocycles. The summed E-state index contributed by atoms with van der Waals surface area (Å²) in [5, 5.41) is 0.368. The van der Waals surface area contributed by atoms with Gasteiger partial charge in [0, 0.05) is 11.6 Å². The first-order chi connectivity index (χ1) is 16.0. The Labute approximate surface area is 190 Å². The molecule has 0 atom stereocenters. The Kier molecular flexibility index (Phi) is 6.04. The highest BCUT2D eigenvalue weighted by Crippen LogP contribution is 2.32. The number of carbonyl (C=O) groups is 1.